The Bertz CT molecular complexity index is 605. The molecular weight excluding hydrogens is 280 g/mol. The lowest BCUT2D eigenvalue weighted by Crippen LogP contribution is -2.24. The van der Waals surface area contributed by atoms with Gasteiger partial charge in [0.05, 0.1) is 11.4 Å². The maximum atomic E-state index is 12.1. The van der Waals surface area contributed by atoms with Crippen molar-refractivity contribution in [3.63, 3.8) is 0 Å². The Morgan fingerprint density at radius 2 is 2.06 bits per heavy atom. The SMILES string of the molecule is CCc1ccc(N)c(=O)n1-c1cccc(Br)c1. The normalized spacial score (nSPS) is 10.5. The van der Waals surface area contributed by atoms with Crippen molar-refractivity contribution in [3.8, 4) is 5.69 Å². The summed E-state index contributed by atoms with van der Waals surface area (Å²) in [6.45, 7) is 2.01. The van der Waals surface area contributed by atoms with Gasteiger partial charge in [0, 0.05) is 10.2 Å². The number of hydrogen-bond acceptors (Lipinski definition) is 2. The van der Waals surface area contributed by atoms with Gasteiger partial charge in [0.2, 0.25) is 0 Å². The van der Waals surface area contributed by atoms with Crippen LogP contribution in [0.5, 0.6) is 0 Å². The van der Waals surface area contributed by atoms with Crippen molar-refractivity contribution in [3.05, 3.63) is 56.9 Å². The third-order valence-electron chi connectivity index (χ3n) is 2.62. The largest absolute Gasteiger partial charge is 0.394 e. The Labute approximate surface area is 108 Å². The molecule has 1 heterocycles. The standard InChI is InChI=1S/C13H13BrN2O/c1-2-10-6-7-12(15)13(17)16(10)11-5-3-4-9(14)8-11/h3-8H,2,15H2,1H3. The monoisotopic (exact) mass is 292 g/mol. The van der Waals surface area contributed by atoms with Crippen LogP contribution in [0.1, 0.15) is 12.6 Å². The number of nitrogens with zero attached hydrogens (tertiary/aromatic N) is 1. The second-order valence-electron chi connectivity index (χ2n) is 3.75. The molecular formula is C13H13BrN2O. The Kier molecular flexibility index (Phi) is 3.33. The number of rotatable bonds is 2. The minimum absolute atomic E-state index is 0.164. The average Bonchev–Trinajstić information content (AvgIpc) is 2.32. The van der Waals surface area contributed by atoms with Crippen molar-refractivity contribution in [2.24, 2.45) is 0 Å². The molecule has 0 spiro atoms. The molecule has 4 heteroatoms. The number of halogens is 1. The van der Waals surface area contributed by atoms with Crippen LogP contribution < -0.4 is 11.3 Å². The fourth-order valence-electron chi connectivity index (χ4n) is 1.77. The smallest absolute Gasteiger partial charge is 0.278 e. The van der Waals surface area contributed by atoms with Crippen LogP contribution in [-0.2, 0) is 6.42 Å². The number of anilines is 1. The van der Waals surface area contributed by atoms with E-state index in [0.717, 1.165) is 22.3 Å². The van der Waals surface area contributed by atoms with Crippen LogP contribution in [0.2, 0.25) is 0 Å². The van der Waals surface area contributed by atoms with Crippen LogP contribution in [0.25, 0.3) is 5.69 Å². The molecule has 1 aromatic carbocycles. The predicted molar refractivity (Wildman–Crippen MR) is 73.5 cm³/mol. The van der Waals surface area contributed by atoms with Crippen LogP contribution >= 0.6 is 15.9 Å². The molecule has 0 bridgehead atoms. The number of aromatic nitrogens is 1. The van der Waals surface area contributed by atoms with E-state index in [1.54, 1.807) is 10.6 Å². The summed E-state index contributed by atoms with van der Waals surface area (Å²) in [6.07, 6.45) is 0.780. The van der Waals surface area contributed by atoms with Gasteiger partial charge in [0.1, 0.15) is 0 Å². The molecule has 3 nitrogen and oxygen atoms in total. The second kappa shape index (κ2) is 4.75. The molecule has 2 rings (SSSR count). The summed E-state index contributed by atoms with van der Waals surface area (Å²) in [5, 5.41) is 0. The van der Waals surface area contributed by atoms with Crippen molar-refractivity contribution < 1.29 is 0 Å². The lowest BCUT2D eigenvalue weighted by Gasteiger charge is -2.12. The van der Waals surface area contributed by atoms with Crippen LogP contribution in [0, 0.1) is 0 Å². The molecule has 1 aromatic heterocycles. The Morgan fingerprint density at radius 1 is 1.29 bits per heavy atom. The zero-order chi connectivity index (χ0) is 12.4. The first-order valence-electron chi connectivity index (χ1n) is 5.40. The predicted octanol–water partition coefficient (Wildman–Crippen LogP) is 2.74. The molecule has 2 aromatic rings. The third-order valence-corrected chi connectivity index (χ3v) is 3.11. The Morgan fingerprint density at radius 3 is 2.71 bits per heavy atom. The van der Waals surface area contributed by atoms with E-state index < -0.39 is 0 Å². The van der Waals surface area contributed by atoms with Gasteiger partial charge in [-0.15, -0.1) is 0 Å². The van der Waals surface area contributed by atoms with Gasteiger partial charge in [-0.1, -0.05) is 28.9 Å². The first-order chi connectivity index (χ1) is 8.13. The minimum atomic E-state index is -0.164. The fourth-order valence-corrected chi connectivity index (χ4v) is 2.15. The van der Waals surface area contributed by atoms with Gasteiger partial charge in [-0.25, -0.2) is 0 Å². The summed E-state index contributed by atoms with van der Waals surface area (Å²) in [5.41, 5.74) is 7.55. The van der Waals surface area contributed by atoms with Crippen LogP contribution in [0.15, 0.2) is 45.7 Å². The highest BCUT2D eigenvalue weighted by Crippen LogP contribution is 2.16. The zero-order valence-corrected chi connectivity index (χ0v) is 11.1. The highest BCUT2D eigenvalue weighted by atomic mass is 79.9. The van der Waals surface area contributed by atoms with E-state index in [2.05, 4.69) is 15.9 Å². The summed E-state index contributed by atoms with van der Waals surface area (Å²) in [7, 11) is 0. The van der Waals surface area contributed by atoms with E-state index in [1.165, 1.54) is 0 Å². The average molecular weight is 293 g/mol. The van der Waals surface area contributed by atoms with E-state index in [-0.39, 0.29) is 11.2 Å². The lowest BCUT2D eigenvalue weighted by molar-refractivity contribution is 0.879. The minimum Gasteiger partial charge on any atom is -0.394 e. The van der Waals surface area contributed by atoms with E-state index in [0.29, 0.717) is 0 Å². The number of nitrogens with two attached hydrogens (primary N) is 1. The summed E-state index contributed by atoms with van der Waals surface area (Å²) in [4.78, 5) is 12.1. The quantitative estimate of drug-likeness (QED) is 0.925. The van der Waals surface area contributed by atoms with Gasteiger partial charge in [-0.3, -0.25) is 9.36 Å². The molecule has 0 fully saturated rings. The van der Waals surface area contributed by atoms with Crippen molar-refractivity contribution in [2.45, 2.75) is 13.3 Å². The van der Waals surface area contributed by atoms with Crippen LogP contribution in [-0.4, -0.2) is 4.57 Å². The highest BCUT2D eigenvalue weighted by Gasteiger charge is 2.07. The van der Waals surface area contributed by atoms with E-state index in [4.69, 9.17) is 5.73 Å². The van der Waals surface area contributed by atoms with Crippen molar-refractivity contribution >= 4 is 21.6 Å². The number of aryl methyl sites for hydroxylation is 1. The number of nitrogen functional groups attached to an aromatic ring is 1. The molecule has 0 aliphatic rings. The van der Waals surface area contributed by atoms with Crippen molar-refractivity contribution in [1.82, 2.24) is 4.57 Å². The molecule has 0 radical (unpaired) electrons. The van der Waals surface area contributed by atoms with Gasteiger partial charge in [-0.2, -0.15) is 0 Å². The highest BCUT2D eigenvalue weighted by molar-refractivity contribution is 9.10. The van der Waals surface area contributed by atoms with Gasteiger partial charge in [0.15, 0.2) is 0 Å². The van der Waals surface area contributed by atoms with Crippen molar-refractivity contribution in [2.75, 3.05) is 5.73 Å². The molecule has 0 aliphatic heterocycles. The number of pyridine rings is 1. The third kappa shape index (κ3) is 2.26. The van der Waals surface area contributed by atoms with Crippen LogP contribution in [0.4, 0.5) is 5.69 Å². The molecule has 2 N–H and O–H groups in total. The van der Waals surface area contributed by atoms with Crippen molar-refractivity contribution in [1.29, 1.82) is 0 Å². The zero-order valence-electron chi connectivity index (χ0n) is 9.48. The molecule has 0 aliphatic carbocycles. The molecule has 0 amide bonds. The number of benzene rings is 1. The summed E-state index contributed by atoms with van der Waals surface area (Å²) in [5.74, 6) is 0. The van der Waals surface area contributed by atoms with Gasteiger partial charge in [-0.05, 0) is 36.8 Å². The van der Waals surface area contributed by atoms with Gasteiger partial charge < -0.3 is 5.73 Å². The summed E-state index contributed by atoms with van der Waals surface area (Å²) in [6, 6.07) is 11.2. The maximum Gasteiger partial charge on any atom is 0.278 e. The van der Waals surface area contributed by atoms with E-state index >= 15 is 0 Å². The molecule has 0 saturated carbocycles. The lowest BCUT2D eigenvalue weighted by atomic mass is 10.2. The van der Waals surface area contributed by atoms with Gasteiger partial charge in [0.25, 0.3) is 5.56 Å². The topological polar surface area (TPSA) is 48.0 Å². The van der Waals surface area contributed by atoms with Crippen LogP contribution in [0.3, 0.4) is 0 Å². The molecule has 17 heavy (non-hydrogen) atoms. The molecule has 0 unspecified atom stereocenters. The second-order valence-corrected chi connectivity index (χ2v) is 4.67. The first kappa shape index (κ1) is 11.9. The summed E-state index contributed by atoms with van der Waals surface area (Å²) < 4.78 is 2.59. The first-order valence-corrected chi connectivity index (χ1v) is 6.19. The molecule has 0 saturated heterocycles. The molecule has 0 atom stereocenters. The van der Waals surface area contributed by atoms with Gasteiger partial charge >= 0.3 is 0 Å². The summed E-state index contributed by atoms with van der Waals surface area (Å²) >= 11 is 3.40. The number of hydrogen-bond donors (Lipinski definition) is 1. The van der Waals surface area contributed by atoms with E-state index in [1.807, 2.05) is 37.3 Å². The van der Waals surface area contributed by atoms with E-state index in [9.17, 15) is 4.79 Å². The fraction of sp³-hybridized carbons (Fsp3) is 0.154. The Hall–Kier alpha value is -1.55. The maximum absolute atomic E-state index is 12.1. The molecule has 88 valence electrons. The Balaban J connectivity index is 2.74.